The van der Waals surface area contributed by atoms with E-state index in [1.54, 1.807) is 7.11 Å². The molecule has 0 bridgehead atoms. The highest BCUT2D eigenvalue weighted by molar-refractivity contribution is 5.59. The van der Waals surface area contributed by atoms with Gasteiger partial charge in [-0.1, -0.05) is 12.1 Å². The lowest BCUT2D eigenvalue weighted by molar-refractivity contribution is 0.0695. The first-order valence-corrected chi connectivity index (χ1v) is 6.68. The molecule has 0 aromatic heterocycles. The van der Waals surface area contributed by atoms with E-state index in [0.717, 1.165) is 18.0 Å². The molecule has 1 aliphatic rings. The van der Waals surface area contributed by atoms with Crippen molar-refractivity contribution in [3.63, 3.8) is 0 Å². The molecule has 1 saturated heterocycles. The summed E-state index contributed by atoms with van der Waals surface area (Å²) in [5, 5.41) is 13.9. The fourth-order valence-electron chi connectivity index (χ4n) is 2.55. The van der Waals surface area contributed by atoms with Gasteiger partial charge in [-0.2, -0.15) is 0 Å². The second-order valence-corrected chi connectivity index (χ2v) is 6.26. The molecule has 1 atom stereocenters. The zero-order valence-electron chi connectivity index (χ0n) is 12.2. The van der Waals surface area contributed by atoms with Crippen molar-refractivity contribution in [1.82, 2.24) is 5.32 Å². The van der Waals surface area contributed by atoms with Gasteiger partial charge in [0.1, 0.15) is 5.75 Å². The van der Waals surface area contributed by atoms with E-state index in [1.165, 1.54) is 0 Å². The van der Waals surface area contributed by atoms with Crippen LogP contribution in [-0.4, -0.2) is 43.0 Å². The molecule has 2 rings (SSSR count). The van der Waals surface area contributed by atoms with Crippen LogP contribution in [0.25, 0.3) is 0 Å². The molecule has 2 N–H and O–H groups in total. The van der Waals surface area contributed by atoms with Gasteiger partial charge in [-0.3, -0.25) is 0 Å². The van der Waals surface area contributed by atoms with E-state index in [-0.39, 0.29) is 5.54 Å². The average Bonchev–Trinajstić information content (AvgIpc) is 2.46. The van der Waals surface area contributed by atoms with Crippen molar-refractivity contribution < 1.29 is 9.84 Å². The summed E-state index contributed by atoms with van der Waals surface area (Å²) in [4.78, 5) is 2.19. The summed E-state index contributed by atoms with van der Waals surface area (Å²) in [5.41, 5.74) is 0.220. The third-order valence-corrected chi connectivity index (χ3v) is 3.49. The largest absolute Gasteiger partial charge is 0.495 e. The average molecular weight is 264 g/mol. The lowest BCUT2D eigenvalue weighted by Gasteiger charge is -2.33. The number of nitrogens with one attached hydrogen (secondary N) is 1. The summed E-state index contributed by atoms with van der Waals surface area (Å²) >= 11 is 0. The Hall–Kier alpha value is -1.26. The van der Waals surface area contributed by atoms with Gasteiger partial charge < -0.3 is 20.1 Å². The highest BCUT2D eigenvalue weighted by atomic mass is 16.5. The summed E-state index contributed by atoms with van der Waals surface area (Å²) < 4.78 is 5.43. The van der Waals surface area contributed by atoms with Gasteiger partial charge >= 0.3 is 0 Å². The first-order valence-electron chi connectivity index (χ1n) is 6.68. The minimum absolute atomic E-state index is 0.0542. The number of hydrogen-bond acceptors (Lipinski definition) is 4. The van der Waals surface area contributed by atoms with Crippen molar-refractivity contribution in [2.45, 2.75) is 31.9 Å². The van der Waals surface area contributed by atoms with E-state index in [0.29, 0.717) is 13.1 Å². The van der Waals surface area contributed by atoms with Crippen LogP contribution >= 0.6 is 0 Å². The number of para-hydroxylation sites is 2. The van der Waals surface area contributed by atoms with Crippen molar-refractivity contribution in [2.24, 2.45) is 0 Å². The standard InChI is InChI=1S/C15H24N2O2/c1-14(2)10-17(11-15(3,18)9-16-14)12-7-5-6-8-13(12)19-4/h5-8,16,18H,9-11H2,1-4H3. The maximum Gasteiger partial charge on any atom is 0.142 e. The summed E-state index contributed by atoms with van der Waals surface area (Å²) in [6, 6.07) is 7.95. The number of hydrogen-bond donors (Lipinski definition) is 2. The van der Waals surface area contributed by atoms with E-state index >= 15 is 0 Å². The first kappa shape index (κ1) is 14.2. The van der Waals surface area contributed by atoms with Gasteiger partial charge in [0.25, 0.3) is 0 Å². The number of rotatable bonds is 2. The molecule has 0 aliphatic carbocycles. The molecule has 0 radical (unpaired) electrons. The molecule has 1 heterocycles. The van der Waals surface area contributed by atoms with Gasteiger partial charge in [-0.25, -0.2) is 0 Å². The van der Waals surface area contributed by atoms with Gasteiger partial charge in [0.15, 0.2) is 0 Å². The Morgan fingerprint density at radius 1 is 1.21 bits per heavy atom. The molecule has 0 spiro atoms. The summed E-state index contributed by atoms with van der Waals surface area (Å²) in [6.07, 6.45) is 0. The van der Waals surface area contributed by atoms with Crippen LogP contribution in [0.4, 0.5) is 5.69 Å². The normalized spacial score (nSPS) is 26.9. The van der Waals surface area contributed by atoms with Crippen LogP contribution in [0.5, 0.6) is 5.75 Å². The van der Waals surface area contributed by atoms with Crippen LogP contribution in [0.15, 0.2) is 24.3 Å². The number of anilines is 1. The second kappa shape index (κ2) is 5.02. The monoisotopic (exact) mass is 264 g/mol. The molecule has 1 fully saturated rings. The van der Waals surface area contributed by atoms with Crippen LogP contribution < -0.4 is 15.0 Å². The van der Waals surface area contributed by atoms with Crippen molar-refractivity contribution in [3.8, 4) is 5.75 Å². The van der Waals surface area contributed by atoms with Gasteiger partial charge in [0.05, 0.1) is 18.4 Å². The molecule has 1 aromatic carbocycles. The van der Waals surface area contributed by atoms with Crippen molar-refractivity contribution in [3.05, 3.63) is 24.3 Å². The fraction of sp³-hybridized carbons (Fsp3) is 0.600. The van der Waals surface area contributed by atoms with E-state index in [1.807, 2.05) is 31.2 Å². The SMILES string of the molecule is COc1ccccc1N1CC(C)(O)CNC(C)(C)C1. The van der Waals surface area contributed by atoms with E-state index in [2.05, 4.69) is 24.1 Å². The Morgan fingerprint density at radius 2 is 1.89 bits per heavy atom. The lowest BCUT2D eigenvalue weighted by atomic mass is 10.1. The third kappa shape index (κ3) is 3.39. The summed E-state index contributed by atoms with van der Waals surface area (Å²) in [5.74, 6) is 0.844. The molecule has 1 unspecified atom stereocenters. The topological polar surface area (TPSA) is 44.7 Å². The van der Waals surface area contributed by atoms with Crippen LogP contribution in [0.2, 0.25) is 0 Å². The van der Waals surface area contributed by atoms with Crippen LogP contribution in [0, 0.1) is 0 Å². The third-order valence-electron chi connectivity index (χ3n) is 3.49. The quantitative estimate of drug-likeness (QED) is 0.852. The maximum absolute atomic E-state index is 10.4. The summed E-state index contributed by atoms with van der Waals surface area (Å²) in [6.45, 7) is 8.16. The number of nitrogens with zero attached hydrogens (tertiary/aromatic N) is 1. The number of benzene rings is 1. The van der Waals surface area contributed by atoms with Crippen molar-refractivity contribution in [1.29, 1.82) is 0 Å². The molecule has 106 valence electrons. The Kier molecular flexibility index (Phi) is 3.74. The lowest BCUT2D eigenvalue weighted by Crippen LogP contribution is -2.47. The molecule has 0 saturated carbocycles. The van der Waals surface area contributed by atoms with Gasteiger partial charge in [-0.05, 0) is 32.9 Å². The molecule has 1 aliphatic heterocycles. The fourth-order valence-corrected chi connectivity index (χ4v) is 2.55. The smallest absolute Gasteiger partial charge is 0.142 e. The Balaban J connectivity index is 2.35. The number of ether oxygens (including phenoxy) is 1. The molecule has 1 aromatic rings. The molecule has 4 nitrogen and oxygen atoms in total. The first-order chi connectivity index (χ1) is 8.83. The highest BCUT2D eigenvalue weighted by Crippen LogP contribution is 2.31. The number of methoxy groups -OCH3 is 1. The molecule has 4 heteroatoms. The zero-order valence-corrected chi connectivity index (χ0v) is 12.2. The van der Waals surface area contributed by atoms with Crippen LogP contribution in [-0.2, 0) is 0 Å². The summed E-state index contributed by atoms with van der Waals surface area (Å²) in [7, 11) is 1.68. The van der Waals surface area contributed by atoms with Crippen LogP contribution in [0.1, 0.15) is 20.8 Å². The zero-order chi connectivity index (χ0) is 14.1. The highest BCUT2D eigenvalue weighted by Gasteiger charge is 2.34. The molecular formula is C15H24N2O2. The van der Waals surface area contributed by atoms with Crippen molar-refractivity contribution >= 4 is 5.69 Å². The van der Waals surface area contributed by atoms with E-state index in [4.69, 9.17) is 4.74 Å². The van der Waals surface area contributed by atoms with Crippen molar-refractivity contribution in [2.75, 3.05) is 31.6 Å². The van der Waals surface area contributed by atoms with Gasteiger partial charge in [0.2, 0.25) is 0 Å². The number of aliphatic hydroxyl groups is 1. The Morgan fingerprint density at radius 3 is 2.58 bits per heavy atom. The van der Waals surface area contributed by atoms with E-state index in [9.17, 15) is 5.11 Å². The minimum atomic E-state index is -0.755. The predicted octanol–water partition coefficient (Wildman–Crippen LogP) is 1.63. The number of β-amino-alcohol motifs (C(OH)–C–C–N with tert-alkyl or cyclic N) is 1. The second-order valence-electron chi connectivity index (χ2n) is 6.26. The van der Waals surface area contributed by atoms with Gasteiger partial charge in [-0.15, -0.1) is 0 Å². The van der Waals surface area contributed by atoms with Crippen LogP contribution in [0.3, 0.4) is 0 Å². The Labute approximate surface area is 115 Å². The molecular weight excluding hydrogens is 240 g/mol. The minimum Gasteiger partial charge on any atom is -0.495 e. The van der Waals surface area contributed by atoms with E-state index < -0.39 is 5.60 Å². The molecule has 0 amide bonds. The maximum atomic E-state index is 10.4. The Bertz CT molecular complexity index is 426. The molecule has 19 heavy (non-hydrogen) atoms. The van der Waals surface area contributed by atoms with Gasteiger partial charge in [0, 0.05) is 25.2 Å². The predicted molar refractivity (Wildman–Crippen MR) is 77.9 cm³/mol.